The zero-order valence-electron chi connectivity index (χ0n) is 13.6. The molecule has 1 atom stereocenters. The van der Waals surface area contributed by atoms with Crippen molar-refractivity contribution in [3.8, 4) is 5.75 Å². The Labute approximate surface area is 151 Å². The van der Waals surface area contributed by atoms with E-state index >= 15 is 0 Å². The van der Waals surface area contributed by atoms with E-state index in [1.54, 1.807) is 6.92 Å². The molecule has 1 aliphatic heterocycles. The van der Waals surface area contributed by atoms with E-state index < -0.39 is 22.1 Å². The largest absolute Gasteiger partial charge is 0.476 e. The third-order valence-electron chi connectivity index (χ3n) is 3.65. The summed E-state index contributed by atoms with van der Waals surface area (Å²) in [5, 5.41) is -0.118. The van der Waals surface area contributed by atoms with Crippen molar-refractivity contribution < 1.29 is 22.7 Å². The first-order valence-corrected chi connectivity index (χ1v) is 9.74. The summed E-state index contributed by atoms with van der Waals surface area (Å²) in [6.07, 6.45) is 0.00495. The van der Waals surface area contributed by atoms with Crippen LogP contribution in [0.25, 0.3) is 0 Å². The summed E-state index contributed by atoms with van der Waals surface area (Å²) in [7, 11) is -2.30. The Balaban J connectivity index is 2.43. The molecule has 0 amide bonds. The molecule has 24 heavy (non-hydrogen) atoms. The van der Waals surface area contributed by atoms with Crippen LogP contribution in [-0.2, 0) is 26.0 Å². The molecule has 1 aromatic carbocycles. The molecule has 0 spiro atoms. The Kier molecular flexibility index (Phi) is 6.01. The van der Waals surface area contributed by atoms with Crippen molar-refractivity contribution >= 4 is 39.2 Å². The van der Waals surface area contributed by atoms with Crippen LogP contribution in [0.4, 0.5) is 0 Å². The predicted molar refractivity (Wildman–Crippen MR) is 91.3 cm³/mol. The Morgan fingerprint density at radius 3 is 2.62 bits per heavy atom. The highest BCUT2D eigenvalue weighted by atomic mass is 35.5. The summed E-state index contributed by atoms with van der Waals surface area (Å²) >= 11 is 12.3. The van der Waals surface area contributed by atoms with Gasteiger partial charge < -0.3 is 9.47 Å². The Bertz CT molecular complexity index is 751. The van der Waals surface area contributed by atoms with Crippen LogP contribution in [0.3, 0.4) is 0 Å². The van der Waals surface area contributed by atoms with Crippen molar-refractivity contribution in [2.24, 2.45) is 0 Å². The van der Waals surface area contributed by atoms with Gasteiger partial charge in [0, 0.05) is 25.6 Å². The fourth-order valence-corrected chi connectivity index (χ4v) is 4.59. The molecule has 0 saturated carbocycles. The Morgan fingerprint density at radius 1 is 1.38 bits per heavy atom. The van der Waals surface area contributed by atoms with Crippen LogP contribution in [0, 0.1) is 0 Å². The van der Waals surface area contributed by atoms with E-state index in [1.807, 2.05) is 6.92 Å². The number of carbonyl (C=O) groups excluding carboxylic acids is 1. The van der Waals surface area contributed by atoms with Gasteiger partial charge in [-0.1, -0.05) is 30.1 Å². The number of carbonyl (C=O) groups is 1. The van der Waals surface area contributed by atoms with Crippen LogP contribution in [-0.4, -0.2) is 45.0 Å². The fourth-order valence-electron chi connectivity index (χ4n) is 2.46. The number of sulfonamides is 1. The molecule has 2 rings (SSSR count). The van der Waals surface area contributed by atoms with Gasteiger partial charge in [-0.15, -0.1) is 0 Å². The van der Waals surface area contributed by atoms with Crippen molar-refractivity contribution in [1.29, 1.82) is 0 Å². The zero-order valence-corrected chi connectivity index (χ0v) is 16.0. The number of benzene rings is 1. The van der Waals surface area contributed by atoms with E-state index in [2.05, 4.69) is 0 Å². The highest BCUT2D eigenvalue weighted by Gasteiger charge is 2.36. The fraction of sp³-hybridized carbons (Fsp3) is 0.533. The van der Waals surface area contributed by atoms with E-state index in [0.717, 1.165) is 0 Å². The van der Waals surface area contributed by atoms with E-state index in [1.165, 1.54) is 17.4 Å². The molecule has 6 nitrogen and oxygen atoms in total. The lowest BCUT2D eigenvalue weighted by molar-refractivity contribution is -0.150. The second-order valence-electron chi connectivity index (χ2n) is 5.38. The van der Waals surface area contributed by atoms with E-state index in [0.29, 0.717) is 18.5 Å². The second kappa shape index (κ2) is 7.47. The van der Waals surface area contributed by atoms with Gasteiger partial charge >= 0.3 is 5.97 Å². The predicted octanol–water partition coefficient (Wildman–Crippen LogP) is 2.89. The minimum atomic E-state index is -3.78. The number of nitrogens with zero attached hydrogens (tertiary/aromatic N) is 1. The van der Waals surface area contributed by atoms with Gasteiger partial charge in [0.05, 0.1) is 11.6 Å². The Morgan fingerprint density at radius 2 is 2.04 bits per heavy atom. The first kappa shape index (κ1) is 19.3. The van der Waals surface area contributed by atoms with E-state index in [-0.39, 0.29) is 33.7 Å². The third-order valence-corrected chi connectivity index (χ3v) is 6.49. The first-order valence-electron chi connectivity index (χ1n) is 7.54. The Hall–Kier alpha value is -1.02. The van der Waals surface area contributed by atoms with Crippen molar-refractivity contribution in [2.45, 2.75) is 37.7 Å². The quantitative estimate of drug-likeness (QED) is 0.692. The topological polar surface area (TPSA) is 72.9 Å². The van der Waals surface area contributed by atoms with Gasteiger partial charge in [-0.3, -0.25) is 0 Å². The molecule has 0 aliphatic carbocycles. The molecule has 0 saturated heterocycles. The highest BCUT2D eigenvalue weighted by Crippen LogP contribution is 2.44. The van der Waals surface area contributed by atoms with Crippen LogP contribution in [0.2, 0.25) is 10.0 Å². The summed E-state index contributed by atoms with van der Waals surface area (Å²) < 4.78 is 37.0. The molecule has 1 unspecified atom stereocenters. The van der Waals surface area contributed by atoms with Gasteiger partial charge in [0.2, 0.25) is 10.0 Å². The maximum Gasteiger partial charge on any atom is 0.347 e. The monoisotopic (exact) mass is 395 g/mol. The minimum Gasteiger partial charge on any atom is -0.476 e. The van der Waals surface area contributed by atoms with Gasteiger partial charge in [-0.25, -0.2) is 17.5 Å². The summed E-state index contributed by atoms with van der Waals surface area (Å²) in [5.74, 6) is -0.287. The SMILES string of the molecule is CCCN(C)S(=O)(=O)c1cc2c(c(Cl)c1Cl)OC(C(=O)OCC)C2. The van der Waals surface area contributed by atoms with Gasteiger partial charge in [0.25, 0.3) is 0 Å². The number of halogens is 2. The molecule has 0 bridgehead atoms. The smallest absolute Gasteiger partial charge is 0.347 e. The van der Waals surface area contributed by atoms with Crippen LogP contribution < -0.4 is 4.74 Å². The first-order chi connectivity index (χ1) is 11.2. The molecule has 1 heterocycles. The summed E-state index contributed by atoms with van der Waals surface area (Å²) in [5.41, 5.74) is 0.519. The van der Waals surface area contributed by atoms with E-state index in [4.69, 9.17) is 32.7 Å². The van der Waals surface area contributed by atoms with E-state index in [9.17, 15) is 13.2 Å². The average Bonchev–Trinajstić information content (AvgIpc) is 2.95. The number of hydrogen-bond acceptors (Lipinski definition) is 5. The molecular weight excluding hydrogens is 377 g/mol. The van der Waals surface area contributed by atoms with Gasteiger partial charge in [0.15, 0.2) is 6.10 Å². The van der Waals surface area contributed by atoms with Crippen molar-refractivity contribution in [3.63, 3.8) is 0 Å². The summed E-state index contributed by atoms with van der Waals surface area (Å²) in [6, 6.07) is 1.42. The van der Waals surface area contributed by atoms with Crippen LogP contribution in [0.15, 0.2) is 11.0 Å². The van der Waals surface area contributed by atoms with Gasteiger partial charge in [-0.05, 0) is 19.4 Å². The molecular formula is C15H19Cl2NO5S. The average molecular weight is 396 g/mol. The number of ether oxygens (including phenoxy) is 2. The van der Waals surface area contributed by atoms with Crippen molar-refractivity contribution in [2.75, 3.05) is 20.2 Å². The normalized spacial score (nSPS) is 16.8. The van der Waals surface area contributed by atoms with Crippen molar-refractivity contribution in [1.82, 2.24) is 4.31 Å². The van der Waals surface area contributed by atoms with Gasteiger partial charge in [-0.2, -0.15) is 0 Å². The molecule has 0 N–H and O–H groups in total. The standard InChI is InChI=1S/C15H19Cl2NO5S/c1-4-6-18(3)24(20,21)11-8-9-7-10(15(19)22-5-2)23-14(9)13(17)12(11)16/h8,10H,4-7H2,1-3H3. The van der Waals surface area contributed by atoms with Crippen molar-refractivity contribution in [3.05, 3.63) is 21.7 Å². The second-order valence-corrected chi connectivity index (χ2v) is 8.15. The molecule has 1 aromatic rings. The number of rotatable bonds is 6. The maximum atomic E-state index is 12.7. The molecule has 0 aromatic heterocycles. The lowest BCUT2D eigenvalue weighted by atomic mass is 10.1. The van der Waals surface area contributed by atoms with Crippen LogP contribution >= 0.6 is 23.2 Å². The summed E-state index contributed by atoms with van der Waals surface area (Å²) in [6.45, 7) is 4.15. The third kappa shape index (κ3) is 3.49. The van der Waals surface area contributed by atoms with Crippen LogP contribution in [0.5, 0.6) is 5.75 Å². The van der Waals surface area contributed by atoms with Gasteiger partial charge in [0.1, 0.15) is 15.7 Å². The molecule has 0 fully saturated rings. The lowest BCUT2D eigenvalue weighted by Crippen LogP contribution is -2.28. The lowest BCUT2D eigenvalue weighted by Gasteiger charge is -2.18. The number of esters is 1. The zero-order chi connectivity index (χ0) is 18.1. The minimum absolute atomic E-state index is 0.00978. The molecule has 9 heteroatoms. The molecule has 134 valence electrons. The number of fused-ring (bicyclic) bond motifs is 1. The maximum absolute atomic E-state index is 12.7. The van der Waals surface area contributed by atoms with Crippen LogP contribution in [0.1, 0.15) is 25.8 Å². The number of hydrogen-bond donors (Lipinski definition) is 0. The summed E-state index contributed by atoms with van der Waals surface area (Å²) in [4.78, 5) is 11.7. The molecule has 1 aliphatic rings. The highest BCUT2D eigenvalue weighted by molar-refractivity contribution is 7.89. The molecule has 0 radical (unpaired) electrons.